The smallest absolute Gasteiger partial charge is 0.307 e. The van der Waals surface area contributed by atoms with E-state index in [0.29, 0.717) is 24.8 Å². The van der Waals surface area contributed by atoms with Crippen molar-refractivity contribution >= 4 is 11.9 Å². The van der Waals surface area contributed by atoms with Crippen molar-refractivity contribution in [1.82, 2.24) is 9.80 Å². The zero-order chi connectivity index (χ0) is 15.2. The fourth-order valence-corrected chi connectivity index (χ4v) is 3.41. The summed E-state index contributed by atoms with van der Waals surface area (Å²) < 4.78 is 0. The maximum Gasteiger partial charge on any atom is 0.307 e. The quantitative estimate of drug-likeness (QED) is 0.840. The first-order valence-electron chi connectivity index (χ1n) is 8.29. The molecule has 0 spiro atoms. The van der Waals surface area contributed by atoms with Crippen molar-refractivity contribution in [2.45, 2.75) is 45.4 Å². The second-order valence-corrected chi connectivity index (χ2v) is 6.63. The molecular weight excluding hydrogens is 268 g/mol. The Morgan fingerprint density at radius 2 is 1.71 bits per heavy atom. The summed E-state index contributed by atoms with van der Waals surface area (Å²) in [6.45, 7) is 5.42. The van der Waals surface area contributed by atoms with E-state index in [-0.39, 0.29) is 5.92 Å². The van der Waals surface area contributed by atoms with Crippen LogP contribution in [0.15, 0.2) is 0 Å². The maximum absolute atomic E-state index is 12.3. The molecule has 0 aromatic heterocycles. The Morgan fingerprint density at radius 1 is 1.10 bits per heavy atom. The first kappa shape index (κ1) is 16.3. The first-order chi connectivity index (χ1) is 10.1. The molecule has 1 saturated carbocycles. The molecule has 1 heterocycles. The molecule has 2 rings (SSSR count). The van der Waals surface area contributed by atoms with Crippen LogP contribution in [0.5, 0.6) is 0 Å². The molecule has 0 aromatic rings. The molecule has 1 N–H and O–H groups in total. The van der Waals surface area contributed by atoms with Crippen LogP contribution in [0.1, 0.15) is 45.4 Å². The van der Waals surface area contributed by atoms with Crippen LogP contribution in [-0.4, -0.2) is 59.5 Å². The van der Waals surface area contributed by atoms with Crippen molar-refractivity contribution in [1.29, 1.82) is 0 Å². The standard InChI is InChI=1S/C16H28N2O3/c1-13(16(20)21)12-17-7-9-18(10-8-17)15(19)11-14-5-3-2-4-6-14/h13-14H,2-12H2,1H3,(H,20,21). The average molecular weight is 296 g/mol. The Hall–Kier alpha value is -1.10. The summed E-state index contributed by atoms with van der Waals surface area (Å²) in [4.78, 5) is 27.3. The summed E-state index contributed by atoms with van der Waals surface area (Å²) in [5.74, 6) is -0.190. The average Bonchev–Trinajstić information content (AvgIpc) is 2.48. The molecule has 1 amide bonds. The molecule has 0 aromatic carbocycles. The highest BCUT2D eigenvalue weighted by Gasteiger charge is 2.25. The van der Waals surface area contributed by atoms with Gasteiger partial charge in [0, 0.05) is 39.1 Å². The van der Waals surface area contributed by atoms with Crippen LogP contribution < -0.4 is 0 Å². The summed E-state index contributed by atoms with van der Waals surface area (Å²) >= 11 is 0. The number of carbonyl (C=O) groups excluding carboxylic acids is 1. The summed E-state index contributed by atoms with van der Waals surface area (Å²) in [6.07, 6.45) is 7.01. The van der Waals surface area contributed by atoms with E-state index in [0.717, 1.165) is 26.2 Å². The molecule has 2 fully saturated rings. The minimum Gasteiger partial charge on any atom is -0.481 e. The molecule has 5 nitrogen and oxygen atoms in total. The van der Waals surface area contributed by atoms with Gasteiger partial charge >= 0.3 is 5.97 Å². The minimum absolute atomic E-state index is 0.299. The van der Waals surface area contributed by atoms with E-state index in [2.05, 4.69) is 4.90 Å². The van der Waals surface area contributed by atoms with E-state index in [9.17, 15) is 9.59 Å². The Labute approximate surface area is 127 Å². The number of hydrogen-bond acceptors (Lipinski definition) is 3. The molecule has 0 radical (unpaired) electrons. The predicted octanol–water partition coefficient (Wildman–Crippen LogP) is 1.82. The molecule has 1 atom stereocenters. The Kier molecular flexibility index (Phi) is 6.03. The largest absolute Gasteiger partial charge is 0.481 e. The number of piperazine rings is 1. The van der Waals surface area contributed by atoms with E-state index in [1.54, 1.807) is 6.92 Å². The monoisotopic (exact) mass is 296 g/mol. The summed E-state index contributed by atoms with van der Waals surface area (Å²) in [6, 6.07) is 0. The normalized spacial score (nSPS) is 23.0. The van der Waals surface area contributed by atoms with Gasteiger partial charge < -0.3 is 10.0 Å². The molecular formula is C16H28N2O3. The lowest BCUT2D eigenvalue weighted by Gasteiger charge is -2.36. The number of carboxylic acid groups (broad SMARTS) is 1. The maximum atomic E-state index is 12.3. The van der Waals surface area contributed by atoms with E-state index in [1.165, 1.54) is 32.1 Å². The molecule has 21 heavy (non-hydrogen) atoms. The van der Waals surface area contributed by atoms with Crippen LogP contribution in [0.4, 0.5) is 0 Å². The van der Waals surface area contributed by atoms with Gasteiger partial charge in [0.05, 0.1) is 5.92 Å². The van der Waals surface area contributed by atoms with Gasteiger partial charge in [-0.05, 0) is 18.8 Å². The van der Waals surface area contributed by atoms with E-state index in [1.807, 2.05) is 4.90 Å². The molecule has 1 aliphatic heterocycles. The van der Waals surface area contributed by atoms with Crippen LogP contribution in [0.3, 0.4) is 0 Å². The number of carbonyl (C=O) groups is 2. The SMILES string of the molecule is CC(CN1CCN(C(=O)CC2CCCCC2)CC1)C(=O)O. The lowest BCUT2D eigenvalue weighted by molar-refractivity contribution is -0.142. The Morgan fingerprint density at radius 3 is 2.29 bits per heavy atom. The highest BCUT2D eigenvalue weighted by Crippen LogP contribution is 2.27. The van der Waals surface area contributed by atoms with Crippen LogP contribution in [0, 0.1) is 11.8 Å². The van der Waals surface area contributed by atoms with Crippen LogP contribution in [-0.2, 0) is 9.59 Å². The van der Waals surface area contributed by atoms with Crippen LogP contribution >= 0.6 is 0 Å². The number of rotatable bonds is 5. The fourth-order valence-electron chi connectivity index (χ4n) is 3.41. The van der Waals surface area contributed by atoms with E-state index in [4.69, 9.17) is 5.11 Å². The van der Waals surface area contributed by atoms with Crippen molar-refractivity contribution in [3.8, 4) is 0 Å². The highest BCUT2D eigenvalue weighted by molar-refractivity contribution is 5.76. The third-order valence-corrected chi connectivity index (χ3v) is 4.87. The topological polar surface area (TPSA) is 60.9 Å². The molecule has 0 bridgehead atoms. The Bertz CT molecular complexity index is 359. The number of aliphatic carboxylic acids is 1. The van der Waals surface area contributed by atoms with Crippen LogP contribution in [0.25, 0.3) is 0 Å². The predicted molar refractivity (Wildman–Crippen MR) is 81.0 cm³/mol. The van der Waals surface area contributed by atoms with Crippen molar-refractivity contribution in [3.05, 3.63) is 0 Å². The number of nitrogens with zero attached hydrogens (tertiary/aromatic N) is 2. The van der Waals surface area contributed by atoms with Gasteiger partial charge in [-0.15, -0.1) is 0 Å². The molecule has 1 saturated heterocycles. The highest BCUT2D eigenvalue weighted by atomic mass is 16.4. The van der Waals surface area contributed by atoms with Crippen molar-refractivity contribution < 1.29 is 14.7 Å². The lowest BCUT2D eigenvalue weighted by atomic mass is 9.86. The molecule has 1 unspecified atom stereocenters. The number of amides is 1. The lowest BCUT2D eigenvalue weighted by Crippen LogP contribution is -2.50. The Balaban J connectivity index is 1.70. The van der Waals surface area contributed by atoms with E-state index >= 15 is 0 Å². The van der Waals surface area contributed by atoms with Gasteiger partial charge in [-0.3, -0.25) is 14.5 Å². The van der Waals surface area contributed by atoms with Gasteiger partial charge in [0.25, 0.3) is 0 Å². The first-order valence-corrected chi connectivity index (χ1v) is 8.29. The van der Waals surface area contributed by atoms with Crippen molar-refractivity contribution in [3.63, 3.8) is 0 Å². The number of hydrogen-bond donors (Lipinski definition) is 1. The number of carboxylic acids is 1. The molecule has 5 heteroatoms. The van der Waals surface area contributed by atoms with Gasteiger partial charge in [-0.25, -0.2) is 0 Å². The third kappa shape index (κ3) is 4.99. The molecule has 120 valence electrons. The fraction of sp³-hybridized carbons (Fsp3) is 0.875. The molecule has 1 aliphatic carbocycles. The molecule has 2 aliphatic rings. The zero-order valence-corrected chi connectivity index (χ0v) is 13.1. The van der Waals surface area contributed by atoms with Crippen LogP contribution in [0.2, 0.25) is 0 Å². The zero-order valence-electron chi connectivity index (χ0n) is 13.1. The second-order valence-electron chi connectivity index (χ2n) is 6.63. The minimum atomic E-state index is -0.745. The third-order valence-electron chi connectivity index (χ3n) is 4.87. The van der Waals surface area contributed by atoms with Gasteiger partial charge in [0.15, 0.2) is 0 Å². The summed E-state index contributed by atoms with van der Waals surface area (Å²) in [5.41, 5.74) is 0. The van der Waals surface area contributed by atoms with Gasteiger partial charge in [0.2, 0.25) is 5.91 Å². The second kappa shape index (κ2) is 7.78. The summed E-state index contributed by atoms with van der Waals surface area (Å²) in [5, 5.41) is 8.94. The van der Waals surface area contributed by atoms with Gasteiger partial charge in [-0.2, -0.15) is 0 Å². The van der Waals surface area contributed by atoms with Gasteiger partial charge in [-0.1, -0.05) is 26.2 Å². The van der Waals surface area contributed by atoms with Gasteiger partial charge in [0.1, 0.15) is 0 Å². The van der Waals surface area contributed by atoms with Crippen molar-refractivity contribution in [2.24, 2.45) is 11.8 Å². The van der Waals surface area contributed by atoms with E-state index < -0.39 is 5.97 Å². The summed E-state index contributed by atoms with van der Waals surface area (Å²) in [7, 11) is 0. The van der Waals surface area contributed by atoms with Crippen molar-refractivity contribution in [2.75, 3.05) is 32.7 Å².